The summed E-state index contributed by atoms with van der Waals surface area (Å²) < 4.78 is 123. The van der Waals surface area contributed by atoms with Gasteiger partial charge in [-0.15, -0.1) is 0 Å². The zero-order valence-electron chi connectivity index (χ0n) is 29.6. The van der Waals surface area contributed by atoms with Gasteiger partial charge in [0.05, 0.1) is 27.4 Å². The first-order valence-electron chi connectivity index (χ1n) is 17.3. The lowest BCUT2D eigenvalue weighted by Gasteiger charge is -2.11. The van der Waals surface area contributed by atoms with Gasteiger partial charge in [-0.3, -0.25) is 19.6 Å². The van der Waals surface area contributed by atoms with E-state index in [1.807, 2.05) is 0 Å². The van der Waals surface area contributed by atoms with Crippen LogP contribution in [0.2, 0.25) is 10.0 Å². The summed E-state index contributed by atoms with van der Waals surface area (Å²) in [5.74, 6) is -4.26. The molecule has 0 radical (unpaired) electrons. The lowest BCUT2D eigenvalue weighted by atomic mass is 10.2. The summed E-state index contributed by atoms with van der Waals surface area (Å²) in [7, 11) is 0. The summed E-state index contributed by atoms with van der Waals surface area (Å²) in [5, 5.41) is 11.9. The molecule has 6 aromatic rings. The topological polar surface area (TPSA) is 120 Å². The summed E-state index contributed by atoms with van der Waals surface area (Å²) in [6, 6.07) is 10.1. The summed E-state index contributed by atoms with van der Waals surface area (Å²) in [4.78, 5) is 31.8. The van der Waals surface area contributed by atoms with Crippen molar-refractivity contribution in [1.29, 1.82) is 0 Å². The Morgan fingerprint density at radius 1 is 0.610 bits per heavy atom. The summed E-state index contributed by atoms with van der Waals surface area (Å²) in [6.07, 6.45) is -1.87. The van der Waals surface area contributed by atoms with Crippen LogP contribution >= 0.6 is 23.2 Å². The normalized spacial score (nSPS) is 14.1. The number of rotatable bonds is 8. The quantitative estimate of drug-likeness (QED) is 0.147. The molecule has 4 aromatic heterocycles. The molecule has 0 saturated heterocycles. The van der Waals surface area contributed by atoms with E-state index in [1.165, 1.54) is 48.9 Å². The van der Waals surface area contributed by atoms with Gasteiger partial charge in [0.25, 0.3) is 11.8 Å². The number of carbonyl (C=O) groups excluding carboxylic acids is 2. The van der Waals surface area contributed by atoms with Crippen LogP contribution in [-0.2, 0) is 12.4 Å². The molecular weight excluding hydrogens is 842 g/mol. The number of aromatic nitrogens is 6. The molecule has 2 aliphatic rings. The van der Waals surface area contributed by atoms with Gasteiger partial charge in [-0.05, 0) is 80.3 Å². The molecule has 0 atom stereocenters. The fourth-order valence-electron chi connectivity index (χ4n) is 5.89. The van der Waals surface area contributed by atoms with E-state index in [1.54, 1.807) is 0 Å². The van der Waals surface area contributed by atoms with Crippen molar-refractivity contribution in [3.8, 4) is 11.4 Å². The summed E-state index contributed by atoms with van der Waals surface area (Å²) >= 11 is 11.9. The number of amides is 2. The average molecular weight is 868 g/mol. The molecule has 2 N–H and O–H groups in total. The highest BCUT2D eigenvalue weighted by molar-refractivity contribution is 6.40. The van der Waals surface area contributed by atoms with Crippen LogP contribution in [0.3, 0.4) is 0 Å². The molecule has 59 heavy (non-hydrogen) atoms. The Morgan fingerprint density at radius 3 is 1.47 bits per heavy atom. The van der Waals surface area contributed by atoms with E-state index in [0.29, 0.717) is 31.4 Å². The van der Waals surface area contributed by atoms with Crippen LogP contribution < -0.4 is 10.6 Å². The molecule has 21 heteroatoms. The van der Waals surface area contributed by atoms with E-state index in [4.69, 9.17) is 23.2 Å². The Kier molecular flexibility index (Phi) is 11.2. The molecule has 8 rings (SSSR count). The van der Waals surface area contributed by atoms with E-state index in [2.05, 4.69) is 30.8 Å². The molecule has 2 fully saturated rings. The van der Waals surface area contributed by atoms with Crippen molar-refractivity contribution < 1.29 is 49.1 Å². The molecule has 0 spiro atoms. The third-order valence-corrected chi connectivity index (χ3v) is 9.58. The lowest BCUT2D eigenvalue weighted by Crippen LogP contribution is -2.14. The van der Waals surface area contributed by atoms with E-state index in [9.17, 15) is 49.1 Å². The number of halogens is 11. The molecule has 306 valence electrons. The van der Waals surface area contributed by atoms with Crippen molar-refractivity contribution in [1.82, 2.24) is 29.5 Å². The van der Waals surface area contributed by atoms with Gasteiger partial charge in [-0.25, -0.2) is 22.5 Å². The van der Waals surface area contributed by atoms with Gasteiger partial charge >= 0.3 is 12.4 Å². The maximum atomic E-state index is 14.8. The highest BCUT2D eigenvalue weighted by Gasteiger charge is 2.40. The van der Waals surface area contributed by atoms with Gasteiger partial charge in [0.1, 0.15) is 11.4 Å². The second kappa shape index (κ2) is 16.0. The van der Waals surface area contributed by atoms with Gasteiger partial charge in [-0.1, -0.05) is 23.2 Å². The van der Waals surface area contributed by atoms with Crippen molar-refractivity contribution >= 4 is 46.4 Å². The number of hydrogen-bond donors (Lipinski definition) is 2. The van der Waals surface area contributed by atoms with Crippen LogP contribution in [0.5, 0.6) is 0 Å². The van der Waals surface area contributed by atoms with Gasteiger partial charge in [-0.2, -0.15) is 36.5 Å². The molecule has 2 aliphatic carbocycles. The first-order chi connectivity index (χ1) is 27.9. The van der Waals surface area contributed by atoms with Gasteiger partial charge in [0, 0.05) is 53.2 Å². The van der Waals surface area contributed by atoms with Gasteiger partial charge < -0.3 is 10.6 Å². The number of alkyl halides is 6. The molecule has 2 amide bonds. The van der Waals surface area contributed by atoms with Crippen LogP contribution in [0, 0.1) is 17.5 Å². The summed E-state index contributed by atoms with van der Waals surface area (Å²) in [6.45, 7) is 0. The predicted molar refractivity (Wildman–Crippen MR) is 195 cm³/mol. The first kappa shape index (κ1) is 41.2. The third kappa shape index (κ3) is 9.20. The van der Waals surface area contributed by atoms with Crippen LogP contribution in [0.1, 0.15) is 81.0 Å². The van der Waals surface area contributed by atoms with Crippen LogP contribution in [0.25, 0.3) is 11.4 Å². The number of hydrogen-bond acceptors (Lipinski definition) is 6. The standard InChI is InChI=1S/C19H12Cl2F4N4O.C19H13F5N4O/c20-11-7-26-8-12(21)17(11)18(30)27-10-3-4-14(13(22)5-10)29-15(9-1-2-9)6-16(28-29)19(23,24)25;20-13-7-11(26-18(29)12-5-6-25-9-14(12)21)3-4-15(13)28-16(10-1-2-10)8-17(27-28)19(22,23)24/h3-9H,1-2H2,(H,27,30);3-10H,1-2H2,(H,26,29). The Balaban J connectivity index is 0.000000179. The third-order valence-electron chi connectivity index (χ3n) is 9.01. The average Bonchev–Trinajstić information content (AvgIpc) is 4.09. The highest BCUT2D eigenvalue weighted by Crippen LogP contribution is 2.44. The molecule has 2 saturated carbocycles. The Hall–Kier alpha value is -5.95. The number of anilines is 2. The lowest BCUT2D eigenvalue weighted by molar-refractivity contribution is -0.142. The van der Waals surface area contributed by atoms with Gasteiger partial charge in [0.2, 0.25) is 0 Å². The van der Waals surface area contributed by atoms with Crippen molar-refractivity contribution in [2.75, 3.05) is 10.6 Å². The number of carbonyl (C=O) groups is 2. The minimum absolute atomic E-state index is 0.0161. The first-order valence-corrected chi connectivity index (χ1v) is 18.1. The predicted octanol–water partition coefficient (Wildman–Crippen LogP) is 10.6. The minimum Gasteiger partial charge on any atom is -0.322 e. The number of nitrogens with zero attached hydrogens (tertiary/aromatic N) is 6. The maximum Gasteiger partial charge on any atom is 0.435 e. The Morgan fingerprint density at radius 2 is 1.07 bits per heavy atom. The van der Waals surface area contributed by atoms with E-state index < -0.39 is 53.0 Å². The largest absolute Gasteiger partial charge is 0.435 e. The molecule has 10 nitrogen and oxygen atoms in total. The van der Waals surface area contributed by atoms with Crippen molar-refractivity contribution in [2.24, 2.45) is 0 Å². The molecule has 0 unspecified atom stereocenters. The fraction of sp³-hybridized carbons (Fsp3) is 0.211. The monoisotopic (exact) mass is 866 g/mol. The minimum atomic E-state index is -4.64. The molecular formula is C38H25Cl2F9N8O2. The zero-order chi connectivity index (χ0) is 42.4. The number of nitrogens with one attached hydrogen (secondary N) is 2. The molecule has 4 heterocycles. The van der Waals surface area contributed by atoms with Crippen LogP contribution in [-0.4, -0.2) is 41.3 Å². The van der Waals surface area contributed by atoms with E-state index in [0.717, 1.165) is 39.8 Å². The molecule has 0 bridgehead atoms. The van der Waals surface area contributed by atoms with Crippen molar-refractivity contribution in [2.45, 2.75) is 49.9 Å². The smallest absolute Gasteiger partial charge is 0.322 e. The second-order valence-corrected chi connectivity index (χ2v) is 14.2. The van der Waals surface area contributed by atoms with E-state index >= 15 is 0 Å². The fourth-order valence-corrected chi connectivity index (χ4v) is 6.42. The summed E-state index contributed by atoms with van der Waals surface area (Å²) in [5.41, 5.74) is -2.13. The van der Waals surface area contributed by atoms with Crippen LogP contribution in [0.4, 0.5) is 50.9 Å². The van der Waals surface area contributed by atoms with Crippen molar-refractivity contribution in [3.63, 3.8) is 0 Å². The maximum absolute atomic E-state index is 14.8. The number of benzene rings is 2. The van der Waals surface area contributed by atoms with Crippen LogP contribution in [0.15, 0.2) is 79.4 Å². The number of pyridine rings is 2. The molecule has 2 aromatic carbocycles. The van der Waals surface area contributed by atoms with Gasteiger partial charge in [0.15, 0.2) is 28.8 Å². The Bertz CT molecular complexity index is 2560. The molecule has 0 aliphatic heterocycles. The SMILES string of the molecule is O=C(Nc1ccc(-n2nc(C(F)(F)F)cc2C2CC2)c(F)c1)c1c(Cl)cncc1Cl.O=C(Nc1ccc(-n2nc(C(F)(F)F)cc2C2CC2)c(F)c1)c1ccncc1F. The zero-order valence-corrected chi connectivity index (χ0v) is 31.2. The highest BCUT2D eigenvalue weighted by atomic mass is 35.5. The second-order valence-electron chi connectivity index (χ2n) is 13.4. The Labute approximate surface area is 337 Å². The van der Waals surface area contributed by atoms with Crippen molar-refractivity contribution in [3.05, 3.63) is 141 Å². The van der Waals surface area contributed by atoms with E-state index in [-0.39, 0.29) is 61.5 Å².